The molecule has 0 unspecified atom stereocenters. The predicted octanol–water partition coefficient (Wildman–Crippen LogP) is 5.72. The number of nitrogens with one attached hydrogen (secondary N) is 1. The molecule has 1 N–H and O–H groups in total. The van der Waals surface area contributed by atoms with Crippen molar-refractivity contribution in [2.45, 2.75) is 0 Å². The van der Waals surface area contributed by atoms with Crippen molar-refractivity contribution in [1.82, 2.24) is 0 Å². The highest BCUT2D eigenvalue weighted by Crippen LogP contribution is 2.33. The van der Waals surface area contributed by atoms with Crippen LogP contribution in [0, 0.1) is 21.4 Å². The van der Waals surface area contributed by atoms with Gasteiger partial charge in [-0.3, -0.25) is 14.9 Å². The number of amides is 1. The van der Waals surface area contributed by atoms with Gasteiger partial charge in [0, 0.05) is 28.8 Å². The molecule has 3 rings (SSSR count). The molecule has 0 atom stereocenters. The highest BCUT2D eigenvalue weighted by atomic mass is 35.5. The number of furan rings is 1. The molecule has 0 bridgehead atoms. The Kier molecular flexibility index (Phi) is 6.60. The normalized spacial score (nSPS) is 11.0. The van der Waals surface area contributed by atoms with E-state index in [0.717, 1.165) is 0 Å². The Bertz CT molecular complexity index is 1240. The van der Waals surface area contributed by atoms with E-state index in [1.807, 2.05) is 6.07 Å². The van der Waals surface area contributed by atoms with E-state index in [-0.39, 0.29) is 27.8 Å². The molecule has 0 spiro atoms. The molecule has 3 aromatic rings. The van der Waals surface area contributed by atoms with Crippen LogP contribution in [0.5, 0.6) is 5.75 Å². The van der Waals surface area contributed by atoms with Crippen LogP contribution in [-0.4, -0.2) is 17.9 Å². The molecule has 0 aliphatic carbocycles. The minimum atomic E-state index is -0.700. The van der Waals surface area contributed by atoms with Gasteiger partial charge in [-0.2, -0.15) is 5.26 Å². The molecule has 2 aromatic carbocycles. The van der Waals surface area contributed by atoms with Crippen LogP contribution < -0.4 is 10.1 Å². The molecule has 1 heterocycles. The molecule has 0 radical (unpaired) electrons. The smallest absolute Gasteiger partial charge is 0.270 e. The summed E-state index contributed by atoms with van der Waals surface area (Å²) in [4.78, 5) is 23.0. The second kappa shape index (κ2) is 9.34. The molecule has 0 aliphatic heterocycles. The van der Waals surface area contributed by atoms with Gasteiger partial charge in [0.25, 0.3) is 11.6 Å². The zero-order chi connectivity index (χ0) is 22.5. The number of ether oxygens (including phenoxy) is 1. The van der Waals surface area contributed by atoms with Crippen LogP contribution in [0.2, 0.25) is 10.0 Å². The van der Waals surface area contributed by atoms with E-state index in [1.165, 1.54) is 49.6 Å². The number of hydrogen-bond donors (Lipinski definition) is 1. The first kappa shape index (κ1) is 21.9. The fourth-order valence-electron chi connectivity index (χ4n) is 2.65. The second-order valence-electron chi connectivity index (χ2n) is 6.09. The van der Waals surface area contributed by atoms with Crippen LogP contribution in [0.25, 0.3) is 17.4 Å². The van der Waals surface area contributed by atoms with Crippen molar-refractivity contribution in [3.8, 4) is 23.1 Å². The molecule has 156 valence electrons. The van der Waals surface area contributed by atoms with Crippen LogP contribution >= 0.6 is 23.2 Å². The molecule has 1 aromatic heterocycles. The van der Waals surface area contributed by atoms with Crippen LogP contribution in [-0.2, 0) is 4.79 Å². The molecule has 1 amide bonds. The third kappa shape index (κ3) is 5.04. The molecule has 0 aliphatic rings. The van der Waals surface area contributed by atoms with E-state index >= 15 is 0 Å². The zero-order valence-electron chi connectivity index (χ0n) is 15.9. The lowest BCUT2D eigenvalue weighted by atomic mass is 10.1. The molecular formula is C21H13Cl2N3O5. The number of anilines is 1. The van der Waals surface area contributed by atoms with Crippen molar-refractivity contribution < 1.29 is 18.9 Å². The first-order valence-electron chi connectivity index (χ1n) is 8.63. The Hall–Kier alpha value is -3.80. The van der Waals surface area contributed by atoms with Crippen LogP contribution in [0.1, 0.15) is 5.76 Å². The summed E-state index contributed by atoms with van der Waals surface area (Å²) >= 11 is 12.1. The number of carbonyl (C=O) groups excluding carboxylic acids is 1. The van der Waals surface area contributed by atoms with Gasteiger partial charge >= 0.3 is 0 Å². The molecular weight excluding hydrogens is 445 g/mol. The van der Waals surface area contributed by atoms with E-state index in [9.17, 15) is 20.2 Å². The quantitative estimate of drug-likeness (QED) is 0.219. The summed E-state index contributed by atoms with van der Waals surface area (Å²) in [6, 6.07) is 13.5. The summed E-state index contributed by atoms with van der Waals surface area (Å²) in [5.74, 6) is 0.0986. The average molecular weight is 458 g/mol. The number of nitro benzene ring substituents is 1. The van der Waals surface area contributed by atoms with Gasteiger partial charge in [0.15, 0.2) is 0 Å². The molecule has 31 heavy (non-hydrogen) atoms. The summed E-state index contributed by atoms with van der Waals surface area (Å²) < 4.78 is 10.8. The van der Waals surface area contributed by atoms with Crippen LogP contribution in [0.15, 0.2) is 58.5 Å². The van der Waals surface area contributed by atoms with Gasteiger partial charge in [0.1, 0.15) is 28.9 Å². The largest absolute Gasteiger partial charge is 0.495 e. The average Bonchev–Trinajstić information content (AvgIpc) is 3.20. The summed E-state index contributed by atoms with van der Waals surface area (Å²) in [6.45, 7) is 0. The lowest BCUT2D eigenvalue weighted by Crippen LogP contribution is -2.14. The predicted molar refractivity (Wildman–Crippen MR) is 116 cm³/mol. The topological polar surface area (TPSA) is 118 Å². The first-order chi connectivity index (χ1) is 14.8. The Morgan fingerprint density at radius 1 is 1.23 bits per heavy atom. The fraction of sp³-hybridized carbons (Fsp3) is 0.0476. The van der Waals surface area contributed by atoms with Crippen LogP contribution in [0.4, 0.5) is 11.4 Å². The second-order valence-corrected chi connectivity index (χ2v) is 6.94. The Balaban J connectivity index is 1.88. The Morgan fingerprint density at radius 3 is 2.68 bits per heavy atom. The maximum atomic E-state index is 12.5. The van der Waals surface area contributed by atoms with E-state index in [0.29, 0.717) is 22.0 Å². The lowest BCUT2D eigenvalue weighted by Gasteiger charge is -2.09. The summed E-state index contributed by atoms with van der Waals surface area (Å²) in [6.07, 6.45) is 1.24. The van der Waals surface area contributed by atoms with E-state index in [2.05, 4.69) is 5.32 Å². The SMILES string of the molecule is COc1ccc(Cl)cc1NC(=O)/C(C#N)=C/c1ccc(-c2cc([N+](=O)[O-])ccc2Cl)o1. The van der Waals surface area contributed by atoms with Gasteiger partial charge in [0.05, 0.1) is 22.7 Å². The molecule has 10 heteroatoms. The first-order valence-corrected chi connectivity index (χ1v) is 9.39. The van der Waals surface area contributed by atoms with Crippen molar-refractivity contribution >= 4 is 46.6 Å². The van der Waals surface area contributed by atoms with Gasteiger partial charge in [0.2, 0.25) is 0 Å². The minimum absolute atomic E-state index is 0.152. The number of carbonyl (C=O) groups is 1. The third-order valence-electron chi connectivity index (χ3n) is 4.11. The number of methoxy groups -OCH3 is 1. The Morgan fingerprint density at radius 2 is 2.00 bits per heavy atom. The monoisotopic (exact) mass is 457 g/mol. The molecule has 0 fully saturated rings. The van der Waals surface area contributed by atoms with Crippen molar-refractivity contribution in [3.63, 3.8) is 0 Å². The number of benzene rings is 2. The maximum Gasteiger partial charge on any atom is 0.270 e. The maximum absolute atomic E-state index is 12.5. The number of halogens is 2. The van der Waals surface area contributed by atoms with Crippen molar-refractivity contribution in [2.24, 2.45) is 0 Å². The zero-order valence-corrected chi connectivity index (χ0v) is 17.4. The molecule has 0 saturated carbocycles. The van der Waals surface area contributed by atoms with Gasteiger partial charge in [-0.05, 0) is 36.4 Å². The molecule has 8 nitrogen and oxygen atoms in total. The Labute approximate surface area is 186 Å². The number of nitriles is 1. The summed E-state index contributed by atoms with van der Waals surface area (Å²) in [5, 5.41) is 23.6. The number of nitro groups is 1. The number of non-ortho nitro benzene ring substituents is 1. The van der Waals surface area contributed by atoms with E-state index in [1.54, 1.807) is 12.1 Å². The summed E-state index contributed by atoms with van der Waals surface area (Å²) in [7, 11) is 1.43. The van der Waals surface area contributed by atoms with E-state index in [4.69, 9.17) is 32.4 Å². The standard InChI is InChI=1S/C21H13Cl2N3O5/c1-30-20-6-2-13(22)9-18(20)25-21(27)12(11-24)8-15-4-7-19(31-15)16-10-14(26(28)29)3-5-17(16)23/h2-10H,1H3,(H,25,27)/b12-8+. The van der Waals surface area contributed by atoms with E-state index < -0.39 is 10.8 Å². The number of nitrogens with zero attached hydrogens (tertiary/aromatic N) is 2. The minimum Gasteiger partial charge on any atom is -0.495 e. The fourth-order valence-corrected chi connectivity index (χ4v) is 3.03. The van der Waals surface area contributed by atoms with Gasteiger partial charge in [-0.15, -0.1) is 0 Å². The number of rotatable bonds is 6. The lowest BCUT2D eigenvalue weighted by molar-refractivity contribution is -0.384. The van der Waals surface area contributed by atoms with Crippen molar-refractivity contribution in [2.75, 3.05) is 12.4 Å². The van der Waals surface area contributed by atoms with Gasteiger partial charge in [-0.1, -0.05) is 23.2 Å². The van der Waals surface area contributed by atoms with Gasteiger partial charge in [-0.25, -0.2) is 0 Å². The van der Waals surface area contributed by atoms with Crippen molar-refractivity contribution in [3.05, 3.63) is 80.0 Å². The van der Waals surface area contributed by atoms with Gasteiger partial charge < -0.3 is 14.5 Å². The van der Waals surface area contributed by atoms with Crippen LogP contribution in [0.3, 0.4) is 0 Å². The highest BCUT2D eigenvalue weighted by Gasteiger charge is 2.16. The molecule has 0 saturated heterocycles. The number of hydrogen-bond acceptors (Lipinski definition) is 6. The third-order valence-corrected chi connectivity index (χ3v) is 4.68. The highest BCUT2D eigenvalue weighted by molar-refractivity contribution is 6.33. The summed E-state index contributed by atoms with van der Waals surface area (Å²) in [5.41, 5.74) is 0.209. The van der Waals surface area contributed by atoms with Crippen molar-refractivity contribution in [1.29, 1.82) is 5.26 Å².